The van der Waals surface area contributed by atoms with Gasteiger partial charge in [0.25, 0.3) is 5.56 Å². The van der Waals surface area contributed by atoms with Crippen molar-refractivity contribution in [2.75, 3.05) is 11.5 Å². The van der Waals surface area contributed by atoms with E-state index in [9.17, 15) is 4.79 Å². The van der Waals surface area contributed by atoms with Gasteiger partial charge in [-0.25, -0.2) is 4.98 Å². The first kappa shape index (κ1) is 15.1. The molecule has 3 rings (SSSR count). The van der Waals surface area contributed by atoms with Crippen LogP contribution in [-0.2, 0) is 11.3 Å². The Morgan fingerprint density at radius 2 is 2.22 bits per heavy atom. The summed E-state index contributed by atoms with van der Waals surface area (Å²) < 4.78 is 7.28. The fourth-order valence-electron chi connectivity index (χ4n) is 2.70. The van der Waals surface area contributed by atoms with Crippen molar-refractivity contribution in [3.05, 3.63) is 52.8 Å². The fraction of sp³-hybridized carbons (Fsp3) is 0.294. The van der Waals surface area contributed by atoms with Crippen LogP contribution in [0.2, 0.25) is 0 Å². The van der Waals surface area contributed by atoms with E-state index >= 15 is 0 Å². The second-order valence-corrected chi connectivity index (χ2v) is 5.58. The molecule has 23 heavy (non-hydrogen) atoms. The lowest BCUT2D eigenvalue weighted by Crippen LogP contribution is -2.18. The number of hydrogen-bond donors (Lipinski definition) is 2. The predicted molar refractivity (Wildman–Crippen MR) is 90.6 cm³/mol. The van der Waals surface area contributed by atoms with E-state index in [-0.39, 0.29) is 11.7 Å². The third-order valence-electron chi connectivity index (χ3n) is 3.87. The van der Waals surface area contributed by atoms with Gasteiger partial charge < -0.3 is 20.8 Å². The molecule has 6 heteroatoms. The monoisotopic (exact) mass is 312 g/mol. The molecule has 1 atom stereocenters. The number of hydrogen-bond acceptors (Lipinski definition) is 5. The summed E-state index contributed by atoms with van der Waals surface area (Å²) in [5.74, 6) is 0.293. The van der Waals surface area contributed by atoms with E-state index in [1.165, 1.54) is 0 Å². The normalized spacial score (nSPS) is 16.5. The molecule has 0 saturated heterocycles. The minimum atomic E-state index is -0.181. The van der Waals surface area contributed by atoms with Gasteiger partial charge in [-0.05, 0) is 24.6 Å². The average molecular weight is 312 g/mol. The SMILES string of the molecule is CCCn1cc(-c2cc(N)c(N)nc2C2CC=CO2)ccc1=O. The maximum Gasteiger partial charge on any atom is 0.250 e. The van der Waals surface area contributed by atoms with Crippen LogP contribution in [-0.4, -0.2) is 9.55 Å². The van der Waals surface area contributed by atoms with Gasteiger partial charge in [-0.1, -0.05) is 6.92 Å². The molecule has 120 valence electrons. The standard InChI is InChI=1S/C17H20N4O2/c1-2-7-21-10-11(5-6-15(21)22)12-9-13(18)17(19)20-16(12)14-4-3-8-23-14/h3,5-6,8-10,14H,2,4,7,18H2,1H3,(H2,19,20). The Hall–Kier alpha value is -2.76. The summed E-state index contributed by atoms with van der Waals surface area (Å²) >= 11 is 0. The molecule has 0 bridgehead atoms. The Morgan fingerprint density at radius 3 is 2.91 bits per heavy atom. The molecule has 0 amide bonds. The molecule has 0 radical (unpaired) electrons. The molecule has 0 fully saturated rings. The molecule has 2 aromatic rings. The maximum atomic E-state index is 11.9. The van der Waals surface area contributed by atoms with E-state index in [0.29, 0.717) is 18.1 Å². The Bertz CT molecular complexity index is 803. The molecule has 3 heterocycles. The van der Waals surface area contributed by atoms with E-state index in [4.69, 9.17) is 16.2 Å². The number of aryl methyl sites for hydroxylation is 1. The molecule has 6 nitrogen and oxygen atoms in total. The van der Waals surface area contributed by atoms with Crippen LogP contribution in [0.4, 0.5) is 11.5 Å². The van der Waals surface area contributed by atoms with E-state index in [0.717, 1.165) is 29.7 Å². The van der Waals surface area contributed by atoms with Crippen LogP contribution in [0.15, 0.2) is 41.5 Å². The third kappa shape index (κ3) is 2.92. The number of rotatable bonds is 4. The van der Waals surface area contributed by atoms with E-state index < -0.39 is 0 Å². The van der Waals surface area contributed by atoms with Crippen LogP contribution in [0.1, 0.15) is 31.6 Å². The number of aromatic nitrogens is 2. The summed E-state index contributed by atoms with van der Waals surface area (Å²) in [5.41, 5.74) is 14.7. The number of nitrogen functional groups attached to an aromatic ring is 2. The molecule has 0 aromatic carbocycles. The molecule has 2 aromatic heterocycles. The highest BCUT2D eigenvalue weighted by Crippen LogP contribution is 2.35. The van der Waals surface area contributed by atoms with Gasteiger partial charge in [0.1, 0.15) is 11.9 Å². The van der Waals surface area contributed by atoms with Crippen molar-refractivity contribution >= 4 is 11.5 Å². The van der Waals surface area contributed by atoms with E-state index in [1.54, 1.807) is 29.0 Å². The van der Waals surface area contributed by atoms with Crippen LogP contribution in [0.5, 0.6) is 0 Å². The minimum Gasteiger partial charge on any atom is -0.492 e. The summed E-state index contributed by atoms with van der Waals surface area (Å²) in [4.78, 5) is 16.4. The lowest BCUT2D eigenvalue weighted by molar-refractivity contribution is 0.170. The van der Waals surface area contributed by atoms with Gasteiger partial charge in [-0.15, -0.1) is 0 Å². The van der Waals surface area contributed by atoms with Crippen LogP contribution >= 0.6 is 0 Å². The highest BCUT2D eigenvalue weighted by Gasteiger charge is 2.22. The molecule has 1 aliphatic rings. The van der Waals surface area contributed by atoms with Crippen molar-refractivity contribution in [3.8, 4) is 11.1 Å². The highest BCUT2D eigenvalue weighted by molar-refractivity contribution is 5.74. The van der Waals surface area contributed by atoms with Gasteiger partial charge in [0.15, 0.2) is 0 Å². The second kappa shape index (κ2) is 6.16. The maximum absolute atomic E-state index is 11.9. The first-order valence-corrected chi connectivity index (χ1v) is 7.67. The summed E-state index contributed by atoms with van der Waals surface area (Å²) in [6.07, 6.45) is 6.89. The number of nitrogens with two attached hydrogens (primary N) is 2. The summed E-state index contributed by atoms with van der Waals surface area (Å²) in [6, 6.07) is 5.15. The Balaban J connectivity index is 2.13. The number of ether oxygens (including phenoxy) is 1. The van der Waals surface area contributed by atoms with Crippen LogP contribution < -0.4 is 17.0 Å². The number of pyridine rings is 2. The van der Waals surface area contributed by atoms with Crippen molar-refractivity contribution in [2.24, 2.45) is 0 Å². The first-order chi connectivity index (χ1) is 11.1. The van der Waals surface area contributed by atoms with Crippen molar-refractivity contribution < 1.29 is 4.74 Å². The third-order valence-corrected chi connectivity index (χ3v) is 3.87. The molecule has 0 aliphatic carbocycles. The summed E-state index contributed by atoms with van der Waals surface area (Å²) in [7, 11) is 0. The van der Waals surface area contributed by atoms with E-state index in [1.807, 2.05) is 19.2 Å². The van der Waals surface area contributed by atoms with Gasteiger partial charge in [-0.2, -0.15) is 0 Å². The molecule has 1 unspecified atom stereocenters. The topological polar surface area (TPSA) is 96.2 Å². The van der Waals surface area contributed by atoms with Crippen LogP contribution in [0, 0.1) is 0 Å². The first-order valence-electron chi connectivity index (χ1n) is 7.67. The van der Waals surface area contributed by atoms with Crippen LogP contribution in [0.3, 0.4) is 0 Å². The quantitative estimate of drug-likeness (QED) is 0.904. The van der Waals surface area contributed by atoms with E-state index in [2.05, 4.69) is 4.98 Å². The zero-order valence-corrected chi connectivity index (χ0v) is 13.0. The Morgan fingerprint density at radius 1 is 1.39 bits per heavy atom. The Labute approximate surface area is 134 Å². The number of anilines is 2. The van der Waals surface area contributed by atoms with Crippen molar-refractivity contribution in [2.45, 2.75) is 32.4 Å². The number of nitrogens with zero attached hydrogens (tertiary/aromatic N) is 2. The van der Waals surface area contributed by atoms with Gasteiger partial charge in [0.2, 0.25) is 0 Å². The molecule has 4 N–H and O–H groups in total. The largest absolute Gasteiger partial charge is 0.492 e. The van der Waals surface area contributed by atoms with Gasteiger partial charge in [-0.3, -0.25) is 4.79 Å². The molecular formula is C17H20N4O2. The highest BCUT2D eigenvalue weighted by atomic mass is 16.5. The second-order valence-electron chi connectivity index (χ2n) is 5.58. The summed E-state index contributed by atoms with van der Waals surface area (Å²) in [6.45, 7) is 2.70. The van der Waals surface area contributed by atoms with Crippen molar-refractivity contribution in [3.63, 3.8) is 0 Å². The Kier molecular flexibility index (Phi) is 4.06. The van der Waals surface area contributed by atoms with Gasteiger partial charge in [0.05, 0.1) is 17.6 Å². The smallest absolute Gasteiger partial charge is 0.250 e. The van der Waals surface area contributed by atoms with Gasteiger partial charge >= 0.3 is 0 Å². The molecule has 1 aliphatic heterocycles. The van der Waals surface area contributed by atoms with Crippen molar-refractivity contribution in [1.29, 1.82) is 0 Å². The fourth-order valence-corrected chi connectivity index (χ4v) is 2.70. The lowest BCUT2D eigenvalue weighted by atomic mass is 10.0. The van der Waals surface area contributed by atoms with Crippen LogP contribution in [0.25, 0.3) is 11.1 Å². The lowest BCUT2D eigenvalue weighted by Gasteiger charge is -2.17. The van der Waals surface area contributed by atoms with Crippen molar-refractivity contribution in [1.82, 2.24) is 9.55 Å². The molecule has 0 saturated carbocycles. The zero-order valence-electron chi connectivity index (χ0n) is 13.0. The predicted octanol–water partition coefficient (Wildman–Crippen LogP) is 2.46. The summed E-state index contributed by atoms with van der Waals surface area (Å²) in [5, 5.41) is 0. The minimum absolute atomic E-state index is 0.0210. The zero-order chi connectivity index (χ0) is 16.4. The molecular weight excluding hydrogens is 292 g/mol. The molecule has 0 spiro atoms. The average Bonchev–Trinajstić information content (AvgIpc) is 3.06. The van der Waals surface area contributed by atoms with Gasteiger partial charge in [0, 0.05) is 36.4 Å².